The Bertz CT molecular complexity index is 285. The van der Waals surface area contributed by atoms with Crippen LogP contribution >= 0.6 is 0 Å². The van der Waals surface area contributed by atoms with Gasteiger partial charge in [-0.05, 0) is 64.0 Å². The molecular formula is C18H34N2. The summed E-state index contributed by atoms with van der Waals surface area (Å²) in [7, 11) is 0. The van der Waals surface area contributed by atoms with Crippen molar-refractivity contribution >= 4 is 0 Å². The number of hydrogen-bond acceptors (Lipinski definition) is 2. The van der Waals surface area contributed by atoms with Gasteiger partial charge >= 0.3 is 0 Å². The summed E-state index contributed by atoms with van der Waals surface area (Å²) in [5.74, 6) is 1.02. The van der Waals surface area contributed by atoms with Crippen LogP contribution in [-0.4, -0.2) is 36.1 Å². The van der Waals surface area contributed by atoms with Crippen LogP contribution in [-0.2, 0) is 0 Å². The van der Waals surface area contributed by atoms with Crippen molar-refractivity contribution in [2.45, 2.75) is 95.7 Å². The van der Waals surface area contributed by atoms with Crippen molar-refractivity contribution in [3.05, 3.63) is 0 Å². The normalized spacial score (nSPS) is 40.6. The number of rotatable bonds is 3. The molecule has 0 radical (unpaired) electrons. The maximum atomic E-state index is 3.79. The largest absolute Gasteiger partial charge is 0.312 e. The Labute approximate surface area is 125 Å². The van der Waals surface area contributed by atoms with Crippen LogP contribution in [0.4, 0.5) is 0 Å². The minimum Gasteiger partial charge on any atom is -0.312 e. The second-order valence-corrected chi connectivity index (χ2v) is 7.44. The van der Waals surface area contributed by atoms with E-state index in [0.717, 1.165) is 24.0 Å². The highest BCUT2D eigenvalue weighted by Crippen LogP contribution is 2.33. The second-order valence-electron chi connectivity index (χ2n) is 7.44. The SMILES string of the molecule is CCC1CCCC(N2CCCCC2C2CCCN2)CC1. The summed E-state index contributed by atoms with van der Waals surface area (Å²) in [4.78, 5) is 2.95. The summed E-state index contributed by atoms with van der Waals surface area (Å²) >= 11 is 0. The Kier molecular flexibility index (Phi) is 5.39. The fourth-order valence-electron chi connectivity index (χ4n) is 5.00. The van der Waals surface area contributed by atoms with Crippen LogP contribution in [0, 0.1) is 5.92 Å². The van der Waals surface area contributed by atoms with Crippen molar-refractivity contribution in [2.75, 3.05) is 13.1 Å². The lowest BCUT2D eigenvalue weighted by molar-refractivity contribution is 0.0647. The lowest BCUT2D eigenvalue weighted by atomic mass is 9.91. The molecule has 1 saturated carbocycles. The molecule has 1 N–H and O–H groups in total. The molecule has 3 fully saturated rings. The Hall–Kier alpha value is -0.0800. The summed E-state index contributed by atoms with van der Waals surface area (Å²) in [5.41, 5.74) is 0. The van der Waals surface area contributed by atoms with Gasteiger partial charge in [0.1, 0.15) is 0 Å². The number of piperidine rings is 1. The smallest absolute Gasteiger partial charge is 0.0252 e. The predicted octanol–water partition coefficient (Wildman–Crippen LogP) is 3.95. The molecule has 20 heavy (non-hydrogen) atoms. The third kappa shape index (κ3) is 3.39. The van der Waals surface area contributed by atoms with Crippen molar-refractivity contribution in [3.8, 4) is 0 Å². The molecule has 0 aromatic carbocycles. The van der Waals surface area contributed by atoms with Crippen LogP contribution in [0.15, 0.2) is 0 Å². The quantitative estimate of drug-likeness (QED) is 0.786. The van der Waals surface area contributed by atoms with Crippen molar-refractivity contribution in [1.82, 2.24) is 10.2 Å². The van der Waals surface area contributed by atoms with Gasteiger partial charge in [-0.1, -0.05) is 32.6 Å². The molecule has 0 aromatic heterocycles. The zero-order valence-corrected chi connectivity index (χ0v) is 13.4. The molecule has 4 atom stereocenters. The molecule has 0 amide bonds. The molecule has 0 aromatic rings. The molecule has 4 unspecified atom stereocenters. The maximum absolute atomic E-state index is 3.79. The van der Waals surface area contributed by atoms with Gasteiger partial charge < -0.3 is 5.32 Å². The van der Waals surface area contributed by atoms with E-state index in [2.05, 4.69) is 17.1 Å². The number of likely N-dealkylation sites (tertiary alicyclic amines) is 1. The molecule has 2 heterocycles. The number of nitrogens with zero attached hydrogens (tertiary/aromatic N) is 1. The van der Waals surface area contributed by atoms with E-state index in [-0.39, 0.29) is 0 Å². The summed E-state index contributed by atoms with van der Waals surface area (Å²) in [5, 5.41) is 3.79. The molecule has 2 heteroatoms. The van der Waals surface area contributed by atoms with Crippen molar-refractivity contribution in [2.24, 2.45) is 5.92 Å². The molecule has 2 nitrogen and oxygen atoms in total. The molecule has 1 aliphatic carbocycles. The minimum absolute atomic E-state index is 0.806. The summed E-state index contributed by atoms with van der Waals surface area (Å²) in [6, 6.07) is 2.56. The lowest BCUT2D eigenvalue weighted by Crippen LogP contribution is -2.54. The average Bonchev–Trinajstić information content (AvgIpc) is 2.92. The zero-order valence-electron chi connectivity index (χ0n) is 13.4. The fraction of sp³-hybridized carbons (Fsp3) is 1.00. The van der Waals surface area contributed by atoms with E-state index in [0.29, 0.717) is 0 Å². The van der Waals surface area contributed by atoms with Crippen LogP contribution in [0.5, 0.6) is 0 Å². The first-order chi connectivity index (χ1) is 9.88. The van der Waals surface area contributed by atoms with E-state index < -0.39 is 0 Å². The van der Waals surface area contributed by atoms with Gasteiger partial charge in [-0.2, -0.15) is 0 Å². The van der Waals surface area contributed by atoms with Gasteiger partial charge in [0.15, 0.2) is 0 Å². The Morgan fingerprint density at radius 1 is 0.900 bits per heavy atom. The molecule has 3 aliphatic rings. The highest BCUT2D eigenvalue weighted by Gasteiger charge is 2.35. The Balaban J connectivity index is 1.63. The summed E-state index contributed by atoms with van der Waals surface area (Å²) < 4.78 is 0. The first-order valence-electron chi connectivity index (χ1n) is 9.37. The minimum atomic E-state index is 0.806. The highest BCUT2D eigenvalue weighted by molar-refractivity contribution is 4.93. The van der Waals surface area contributed by atoms with Gasteiger partial charge in [-0.3, -0.25) is 4.90 Å². The van der Waals surface area contributed by atoms with Gasteiger partial charge in [0.05, 0.1) is 0 Å². The molecule has 0 spiro atoms. The van der Waals surface area contributed by atoms with Crippen molar-refractivity contribution < 1.29 is 0 Å². The second kappa shape index (κ2) is 7.26. The van der Waals surface area contributed by atoms with Crippen LogP contribution < -0.4 is 5.32 Å². The van der Waals surface area contributed by atoms with Crippen LogP contribution in [0.25, 0.3) is 0 Å². The van der Waals surface area contributed by atoms with E-state index in [1.165, 1.54) is 83.7 Å². The number of nitrogens with one attached hydrogen (secondary N) is 1. The molecule has 116 valence electrons. The van der Waals surface area contributed by atoms with Crippen LogP contribution in [0.3, 0.4) is 0 Å². The standard InChI is InChI=1S/C18H34N2/c1-2-15-7-5-8-16(12-11-15)20-14-4-3-10-18(20)17-9-6-13-19-17/h15-19H,2-14H2,1H3. The van der Waals surface area contributed by atoms with Crippen LogP contribution in [0.1, 0.15) is 77.6 Å². The molecule has 3 rings (SSSR count). The van der Waals surface area contributed by atoms with Gasteiger partial charge in [0, 0.05) is 18.1 Å². The molecule has 0 bridgehead atoms. The monoisotopic (exact) mass is 278 g/mol. The van der Waals surface area contributed by atoms with Crippen LogP contribution in [0.2, 0.25) is 0 Å². The first kappa shape index (κ1) is 14.8. The molecule has 2 saturated heterocycles. The topological polar surface area (TPSA) is 15.3 Å². The van der Waals surface area contributed by atoms with E-state index in [9.17, 15) is 0 Å². The van der Waals surface area contributed by atoms with Gasteiger partial charge in [-0.25, -0.2) is 0 Å². The highest BCUT2D eigenvalue weighted by atomic mass is 15.2. The lowest BCUT2D eigenvalue weighted by Gasteiger charge is -2.44. The van der Waals surface area contributed by atoms with Gasteiger partial charge in [0.2, 0.25) is 0 Å². The number of hydrogen-bond donors (Lipinski definition) is 1. The van der Waals surface area contributed by atoms with E-state index in [4.69, 9.17) is 0 Å². The third-order valence-corrected chi connectivity index (χ3v) is 6.26. The fourth-order valence-corrected chi connectivity index (χ4v) is 5.00. The maximum Gasteiger partial charge on any atom is 0.0252 e. The average molecular weight is 278 g/mol. The summed E-state index contributed by atoms with van der Waals surface area (Å²) in [6.07, 6.45) is 16.0. The van der Waals surface area contributed by atoms with Gasteiger partial charge in [-0.15, -0.1) is 0 Å². The first-order valence-corrected chi connectivity index (χ1v) is 9.37. The molecular weight excluding hydrogens is 244 g/mol. The predicted molar refractivity (Wildman–Crippen MR) is 86.0 cm³/mol. The van der Waals surface area contributed by atoms with E-state index in [1.54, 1.807) is 0 Å². The van der Waals surface area contributed by atoms with E-state index in [1.807, 2.05) is 0 Å². The Morgan fingerprint density at radius 2 is 1.85 bits per heavy atom. The third-order valence-electron chi connectivity index (χ3n) is 6.26. The van der Waals surface area contributed by atoms with Crippen molar-refractivity contribution in [1.29, 1.82) is 0 Å². The molecule has 2 aliphatic heterocycles. The summed E-state index contributed by atoms with van der Waals surface area (Å²) in [6.45, 7) is 5.03. The van der Waals surface area contributed by atoms with Crippen molar-refractivity contribution in [3.63, 3.8) is 0 Å². The zero-order chi connectivity index (χ0) is 13.8. The van der Waals surface area contributed by atoms with E-state index >= 15 is 0 Å². The van der Waals surface area contributed by atoms with Gasteiger partial charge in [0.25, 0.3) is 0 Å². The Morgan fingerprint density at radius 3 is 2.65 bits per heavy atom.